The molecule has 1 nitrogen and oxygen atoms in total. The molecule has 0 atom stereocenters. The zero-order valence-electron chi connectivity index (χ0n) is 2.99. The van der Waals surface area contributed by atoms with Gasteiger partial charge in [0.1, 0.15) is 0 Å². The van der Waals surface area contributed by atoms with Gasteiger partial charge < -0.3 is 5.73 Å². The van der Waals surface area contributed by atoms with Crippen molar-refractivity contribution in [3.8, 4) is 0 Å². The summed E-state index contributed by atoms with van der Waals surface area (Å²) in [6.07, 6.45) is 0. The van der Waals surface area contributed by atoms with Crippen molar-refractivity contribution < 1.29 is 32.7 Å². The molecule has 3 heteroatoms. The standard InChI is InChI=1S/C2H5NS.Y/c1-2(3)4;/h1H3,(H2,3,4);/q;+3/p-1. The van der Waals surface area contributed by atoms with E-state index in [1.165, 1.54) is 0 Å². The minimum Gasteiger partial charge on any atom is -0.693 e. The van der Waals surface area contributed by atoms with Crippen LogP contribution < -0.4 is 0 Å². The van der Waals surface area contributed by atoms with Crippen LogP contribution in [0, 0.1) is 0 Å². The number of hydrogen-bond acceptors (Lipinski definition) is 1. The van der Waals surface area contributed by atoms with Gasteiger partial charge in [-0.3, -0.25) is 0 Å². The van der Waals surface area contributed by atoms with Crippen LogP contribution in [0.25, 0.3) is 5.73 Å². The van der Waals surface area contributed by atoms with Gasteiger partial charge in [-0.25, -0.2) is 0 Å². The largest absolute Gasteiger partial charge is 3.00 e. The molecule has 1 N–H and O–H groups in total. The van der Waals surface area contributed by atoms with E-state index in [9.17, 15) is 0 Å². The molecular formula is C2H4NSY+2. The zero-order chi connectivity index (χ0) is 3.58. The van der Waals surface area contributed by atoms with Crippen LogP contribution in [0.3, 0.4) is 0 Å². The predicted molar refractivity (Wildman–Crippen MR) is 22.6 cm³/mol. The van der Waals surface area contributed by atoms with Crippen molar-refractivity contribution in [2.45, 2.75) is 6.92 Å². The molecule has 0 bridgehead atoms. The van der Waals surface area contributed by atoms with Crippen LogP contribution >= 0.6 is 12.2 Å². The van der Waals surface area contributed by atoms with Gasteiger partial charge in [0.2, 0.25) is 0 Å². The fourth-order valence-electron chi connectivity index (χ4n) is 0. The van der Waals surface area contributed by atoms with Crippen LogP contribution in [-0.2, 0) is 32.7 Å². The summed E-state index contributed by atoms with van der Waals surface area (Å²) in [5.41, 5.74) is 6.31. The molecule has 0 aromatic rings. The molecule has 0 amide bonds. The van der Waals surface area contributed by atoms with E-state index in [2.05, 4.69) is 12.2 Å². The molecule has 0 aliphatic carbocycles. The Balaban J connectivity index is 0. The Kier molecular flexibility index (Phi) is 9.36. The second-order valence-corrected chi connectivity index (χ2v) is 1.17. The third-order valence-corrected chi connectivity index (χ3v) is 0. The van der Waals surface area contributed by atoms with Crippen molar-refractivity contribution in [3.05, 3.63) is 5.73 Å². The molecule has 0 saturated heterocycles. The Hall–Kier alpha value is 0.994. The Morgan fingerprint density at radius 1 is 1.80 bits per heavy atom. The van der Waals surface area contributed by atoms with Crippen LogP contribution in [0.15, 0.2) is 0 Å². The molecule has 0 aliphatic heterocycles. The van der Waals surface area contributed by atoms with E-state index < -0.39 is 0 Å². The molecule has 0 aromatic heterocycles. The first-order chi connectivity index (χ1) is 1.73. The molecule has 0 spiro atoms. The topological polar surface area (TPSA) is 23.8 Å². The molecule has 0 unspecified atom stereocenters. The molecule has 0 saturated carbocycles. The Labute approximate surface area is 62.2 Å². The molecule has 0 rings (SSSR count). The normalized spacial score (nSPS) is 5.00. The first-order valence-electron chi connectivity index (χ1n) is 0.954. The van der Waals surface area contributed by atoms with Crippen LogP contribution in [0.1, 0.15) is 6.92 Å². The summed E-state index contributed by atoms with van der Waals surface area (Å²) in [6.45, 7) is 1.56. The third-order valence-electron chi connectivity index (χ3n) is 0. The van der Waals surface area contributed by atoms with Crippen molar-refractivity contribution >= 4 is 17.2 Å². The van der Waals surface area contributed by atoms with Crippen molar-refractivity contribution in [2.75, 3.05) is 0 Å². The molecule has 5 heavy (non-hydrogen) atoms. The summed E-state index contributed by atoms with van der Waals surface area (Å²) >= 11 is 4.20. The van der Waals surface area contributed by atoms with Gasteiger partial charge >= 0.3 is 32.7 Å². The van der Waals surface area contributed by atoms with Crippen LogP contribution in [-0.4, -0.2) is 4.99 Å². The monoisotopic (exact) mass is 163 g/mol. The van der Waals surface area contributed by atoms with Crippen molar-refractivity contribution in [1.29, 1.82) is 0 Å². The minimum atomic E-state index is 0. The Bertz CT molecular complexity index is 32.6. The van der Waals surface area contributed by atoms with Crippen LogP contribution in [0.5, 0.6) is 0 Å². The second-order valence-electron chi connectivity index (χ2n) is 0.556. The molecular weight excluding hydrogens is 159 g/mol. The van der Waals surface area contributed by atoms with Gasteiger partial charge in [0, 0.05) is 0 Å². The molecule has 0 aliphatic rings. The van der Waals surface area contributed by atoms with Gasteiger partial charge in [0.15, 0.2) is 0 Å². The molecule has 24 valence electrons. The van der Waals surface area contributed by atoms with Crippen LogP contribution in [0.2, 0.25) is 0 Å². The smallest absolute Gasteiger partial charge is 0.693 e. The second kappa shape index (κ2) is 4.99. The van der Waals surface area contributed by atoms with E-state index in [0.29, 0.717) is 0 Å². The van der Waals surface area contributed by atoms with E-state index in [0.717, 1.165) is 0 Å². The Morgan fingerprint density at radius 3 is 1.80 bits per heavy atom. The summed E-state index contributed by atoms with van der Waals surface area (Å²) in [5.74, 6) is 0. The molecule has 0 fully saturated rings. The number of thiocarbonyl (C=S) groups is 1. The zero-order valence-corrected chi connectivity index (χ0v) is 6.64. The average molecular weight is 163 g/mol. The van der Waals surface area contributed by atoms with Gasteiger partial charge in [-0.15, -0.1) is 17.2 Å². The summed E-state index contributed by atoms with van der Waals surface area (Å²) in [6, 6.07) is 0. The first-order valence-corrected chi connectivity index (χ1v) is 1.36. The van der Waals surface area contributed by atoms with E-state index in [-0.39, 0.29) is 37.7 Å². The third kappa shape index (κ3) is 45.3. The maximum Gasteiger partial charge on any atom is 3.00 e. The maximum atomic E-state index is 6.31. The SMILES string of the molecule is CC([NH-])=S.[Y+3]. The van der Waals surface area contributed by atoms with E-state index in [1.807, 2.05) is 0 Å². The molecule has 0 heterocycles. The van der Waals surface area contributed by atoms with Gasteiger partial charge in [-0.2, -0.15) is 0 Å². The van der Waals surface area contributed by atoms with Crippen molar-refractivity contribution in [1.82, 2.24) is 0 Å². The molecule has 0 radical (unpaired) electrons. The van der Waals surface area contributed by atoms with E-state index in [1.54, 1.807) is 6.92 Å². The number of hydrogen-bond donors (Lipinski definition) is 0. The number of nitrogens with one attached hydrogen (secondary N) is 1. The van der Waals surface area contributed by atoms with E-state index >= 15 is 0 Å². The van der Waals surface area contributed by atoms with Crippen LogP contribution in [0.4, 0.5) is 0 Å². The molecule has 0 aromatic carbocycles. The first kappa shape index (κ1) is 9.37. The summed E-state index contributed by atoms with van der Waals surface area (Å²) in [5, 5.41) is 0. The van der Waals surface area contributed by atoms with Gasteiger partial charge in [0.25, 0.3) is 0 Å². The Morgan fingerprint density at radius 2 is 1.80 bits per heavy atom. The fourth-order valence-corrected chi connectivity index (χ4v) is 0. The average Bonchev–Trinajstić information content (AvgIpc) is 0.811. The van der Waals surface area contributed by atoms with Gasteiger partial charge in [0.05, 0.1) is 0 Å². The summed E-state index contributed by atoms with van der Waals surface area (Å²) in [7, 11) is 0. The number of rotatable bonds is 0. The van der Waals surface area contributed by atoms with Crippen molar-refractivity contribution in [2.24, 2.45) is 0 Å². The quantitative estimate of drug-likeness (QED) is 0.495. The fraction of sp³-hybridized carbons (Fsp3) is 0.500. The minimum absolute atomic E-state index is 0. The van der Waals surface area contributed by atoms with Gasteiger partial charge in [-0.1, -0.05) is 6.92 Å². The summed E-state index contributed by atoms with van der Waals surface area (Å²) < 4.78 is 0. The van der Waals surface area contributed by atoms with E-state index in [4.69, 9.17) is 5.73 Å². The van der Waals surface area contributed by atoms with Gasteiger partial charge in [-0.05, 0) is 0 Å². The summed E-state index contributed by atoms with van der Waals surface area (Å²) in [4.78, 5) is 0.250. The maximum absolute atomic E-state index is 6.31. The van der Waals surface area contributed by atoms with Crippen molar-refractivity contribution in [3.63, 3.8) is 0 Å². The predicted octanol–water partition coefficient (Wildman–Crippen LogP) is 1.38.